The zero-order valence-electron chi connectivity index (χ0n) is 15.1. The zero-order valence-corrected chi connectivity index (χ0v) is 15.1. The summed E-state index contributed by atoms with van der Waals surface area (Å²) in [5.74, 6) is 1.92. The number of nitrogens with one attached hydrogen (secondary N) is 1. The first-order chi connectivity index (χ1) is 12.5. The van der Waals surface area contributed by atoms with Crippen molar-refractivity contribution >= 4 is 11.6 Å². The van der Waals surface area contributed by atoms with Crippen molar-refractivity contribution in [3.63, 3.8) is 0 Å². The van der Waals surface area contributed by atoms with Crippen LogP contribution in [-0.2, 0) is 0 Å². The number of carbonyl (C=O) groups excluding carboxylic acids is 1. The quantitative estimate of drug-likeness (QED) is 0.709. The van der Waals surface area contributed by atoms with E-state index in [9.17, 15) is 4.79 Å². The molecule has 3 rings (SSSR count). The molecule has 0 aliphatic rings. The van der Waals surface area contributed by atoms with Crippen LogP contribution in [0.1, 0.15) is 27.5 Å². The summed E-state index contributed by atoms with van der Waals surface area (Å²) in [6, 6.07) is 10.9. The Kier molecular flexibility index (Phi) is 5.09. The third kappa shape index (κ3) is 3.62. The standard InChI is InChI=1S/C19H22N4O3/c1-12-10-17(14(3)23(12)18-11-13(2)26-22-18)19(24)21-15-4-6-16(7-5-15)25-9-8-20/h4-7,10-11H,8-9,20H2,1-3H3,(H,21,24). The maximum absolute atomic E-state index is 12.7. The first-order valence-electron chi connectivity index (χ1n) is 8.36. The van der Waals surface area contributed by atoms with Gasteiger partial charge in [-0.25, -0.2) is 0 Å². The van der Waals surface area contributed by atoms with Gasteiger partial charge in [-0.3, -0.25) is 9.36 Å². The zero-order chi connectivity index (χ0) is 18.7. The minimum atomic E-state index is -0.180. The van der Waals surface area contributed by atoms with Crippen molar-refractivity contribution in [2.75, 3.05) is 18.5 Å². The molecule has 0 saturated heterocycles. The topological polar surface area (TPSA) is 95.3 Å². The van der Waals surface area contributed by atoms with E-state index in [4.69, 9.17) is 15.0 Å². The van der Waals surface area contributed by atoms with E-state index in [0.29, 0.717) is 36.0 Å². The third-order valence-electron chi connectivity index (χ3n) is 4.02. The van der Waals surface area contributed by atoms with Crippen LogP contribution in [0.3, 0.4) is 0 Å². The molecular formula is C19H22N4O3. The van der Waals surface area contributed by atoms with E-state index in [2.05, 4.69) is 10.5 Å². The van der Waals surface area contributed by atoms with E-state index >= 15 is 0 Å². The second kappa shape index (κ2) is 7.45. The summed E-state index contributed by atoms with van der Waals surface area (Å²) < 4.78 is 12.5. The van der Waals surface area contributed by atoms with Crippen molar-refractivity contribution in [3.05, 3.63) is 59.1 Å². The van der Waals surface area contributed by atoms with E-state index < -0.39 is 0 Å². The molecule has 3 N–H and O–H groups in total. The number of carbonyl (C=O) groups is 1. The highest BCUT2D eigenvalue weighted by molar-refractivity contribution is 6.05. The fourth-order valence-electron chi connectivity index (χ4n) is 2.81. The minimum Gasteiger partial charge on any atom is -0.492 e. The van der Waals surface area contributed by atoms with E-state index in [1.54, 1.807) is 24.3 Å². The van der Waals surface area contributed by atoms with Crippen LogP contribution in [0.2, 0.25) is 0 Å². The molecule has 136 valence electrons. The summed E-state index contributed by atoms with van der Waals surface area (Å²) in [6.07, 6.45) is 0. The Balaban J connectivity index is 1.78. The number of aryl methyl sites for hydroxylation is 2. The molecule has 0 aliphatic carbocycles. The highest BCUT2D eigenvalue weighted by atomic mass is 16.5. The van der Waals surface area contributed by atoms with Crippen molar-refractivity contribution in [2.24, 2.45) is 5.73 Å². The summed E-state index contributed by atoms with van der Waals surface area (Å²) in [7, 11) is 0. The average molecular weight is 354 g/mol. The largest absolute Gasteiger partial charge is 0.492 e. The number of nitrogens with zero attached hydrogens (tertiary/aromatic N) is 2. The van der Waals surface area contributed by atoms with Gasteiger partial charge in [-0.05, 0) is 51.1 Å². The molecule has 3 aromatic rings. The van der Waals surface area contributed by atoms with E-state index in [1.807, 2.05) is 37.5 Å². The lowest BCUT2D eigenvalue weighted by Gasteiger charge is -2.08. The molecule has 7 nitrogen and oxygen atoms in total. The first kappa shape index (κ1) is 17.8. The maximum Gasteiger partial charge on any atom is 0.257 e. The second-order valence-corrected chi connectivity index (χ2v) is 6.03. The number of hydrogen-bond donors (Lipinski definition) is 2. The van der Waals surface area contributed by atoms with Crippen LogP contribution in [0.5, 0.6) is 5.75 Å². The lowest BCUT2D eigenvalue weighted by molar-refractivity contribution is 0.102. The lowest BCUT2D eigenvalue weighted by atomic mass is 10.2. The molecule has 7 heteroatoms. The first-order valence-corrected chi connectivity index (χ1v) is 8.36. The predicted octanol–water partition coefficient (Wildman–Crippen LogP) is 2.98. The van der Waals surface area contributed by atoms with Gasteiger partial charge in [0.05, 0.1) is 5.56 Å². The molecule has 2 aromatic heterocycles. The Morgan fingerprint density at radius 1 is 1.23 bits per heavy atom. The second-order valence-electron chi connectivity index (χ2n) is 6.03. The molecule has 0 atom stereocenters. The van der Waals surface area contributed by atoms with Crippen LogP contribution in [0.4, 0.5) is 5.69 Å². The number of benzene rings is 1. The summed E-state index contributed by atoms with van der Waals surface area (Å²) in [6.45, 7) is 6.56. The molecule has 0 aliphatic heterocycles. The molecular weight excluding hydrogens is 332 g/mol. The predicted molar refractivity (Wildman–Crippen MR) is 99.0 cm³/mol. The number of amides is 1. The van der Waals surface area contributed by atoms with Gasteiger partial charge in [-0.2, -0.15) is 0 Å². The van der Waals surface area contributed by atoms with Gasteiger partial charge in [0.2, 0.25) is 0 Å². The Bertz CT molecular complexity index is 910. The normalized spacial score (nSPS) is 10.8. The molecule has 0 spiro atoms. The third-order valence-corrected chi connectivity index (χ3v) is 4.02. The molecule has 26 heavy (non-hydrogen) atoms. The monoisotopic (exact) mass is 354 g/mol. The molecule has 0 fully saturated rings. The molecule has 0 unspecified atom stereocenters. The highest BCUT2D eigenvalue weighted by Gasteiger charge is 2.18. The van der Waals surface area contributed by atoms with E-state index in [0.717, 1.165) is 17.1 Å². The summed E-state index contributed by atoms with van der Waals surface area (Å²) >= 11 is 0. The maximum atomic E-state index is 12.7. The molecule has 0 radical (unpaired) electrons. The van der Waals surface area contributed by atoms with Crippen LogP contribution in [-0.4, -0.2) is 28.8 Å². The van der Waals surface area contributed by atoms with Gasteiger partial charge in [-0.1, -0.05) is 5.16 Å². The summed E-state index contributed by atoms with van der Waals surface area (Å²) in [5, 5.41) is 6.94. The fraction of sp³-hybridized carbons (Fsp3) is 0.263. The number of nitrogens with two attached hydrogens (primary N) is 1. The van der Waals surface area contributed by atoms with Gasteiger partial charge in [0.25, 0.3) is 5.91 Å². The van der Waals surface area contributed by atoms with Crippen LogP contribution in [0.25, 0.3) is 5.82 Å². The SMILES string of the molecule is Cc1cc(-n2c(C)cc(C(=O)Nc3ccc(OCCN)cc3)c2C)no1. The molecule has 0 bridgehead atoms. The van der Waals surface area contributed by atoms with Gasteiger partial charge < -0.3 is 20.3 Å². The van der Waals surface area contributed by atoms with Crippen LogP contribution < -0.4 is 15.8 Å². The minimum absolute atomic E-state index is 0.180. The van der Waals surface area contributed by atoms with E-state index in [-0.39, 0.29) is 5.91 Å². The summed E-state index contributed by atoms with van der Waals surface area (Å²) in [4.78, 5) is 12.7. The number of anilines is 1. The van der Waals surface area contributed by atoms with Gasteiger partial charge in [0, 0.05) is 29.7 Å². The lowest BCUT2D eigenvalue weighted by Crippen LogP contribution is -2.13. The van der Waals surface area contributed by atoms with Gasteiger partial charge in [-0.15, -0.1) is 0 Å². The van der Waals surface area contributed by atoms with Crippen molar-refractivity contribution in [1.29, 1.82) is 0 Å². The van der Waals surface area contributed by atoms with Gasteiger partial charge in [0.15, 0.2) is 5.82 Å². The Labute approximate surface area is 151 Å². The van der Waals surface area contributed by atoms with Crippen LogP contribution in [0, 0.1) is 20.8 Å². The number of hydrogen-bond acceptors (Lipinski definition) is 5. The van der Waals surface area contributed by atoms with Gasteiger partial charge >= 0.3 is 0 Å². The fourth-order valence-corrected chi connectivity index (χ4v) is 2.81. The summed E-state index contributed by atoms with van der Waals surface area (Å²) in [5.41, 5.74) is 8.41. The Morgan fingerprint density at radius 2 is 1.96 bits per heavy atom. The smallest absolute Gasteiger partial charge is 0.257 e. The van der Waals surface area contributed by atoms with E-state index in [1.165, 1.54) is 0 Å². The number of ether oxygens (including phenoxy) is 1. The number of aromatic nitrogens is 2. The highest BCUT2D eigenvalue weighted by Crippen LogP contribution is 2.22. The molecule has 1 aromatic carbocycles. The molecule has 2 heterocycles. The molecule has 1 amide bonds. The van der Waals surface area contributed by atoms with Crippen LogP contribution in [0.15, 0.2) is 40.9 Å². The van der Waals surface area contributed by atoms with Gasteiger partial charge in [0.1, 0.15) is 18.1 Å². The van der Waals surface area contributed by atoms with Crippen molar-refractivity contribution < 1.29 is 14.1 Å². The van der Waals surface area contributed by atoms with Crippen molar-refractivity contribution in [1.82, 2.24) is 9.72 Å². The van der Waals surface area contributed by atoms with Crippen LogP contribution >= 0.6 is 0 Å². The molecule has 0 saturated carbocycles. The Morgan fingerprint density at radius 3 is 2.58 bits per heavy atom. The number of rotatable bonds is 6. The average Bonchev–Trinajstić information content (AvgIpc) is 3.17. The van der Waals surface area contributed by atoms with Crippen molar-refractivity contribution in [2.45, 2.75) is 20.8 Å². The van der Waals surface area contributed by atoms with Crippen molar-refractivity contribution in [3.8, 4) is 11.6 Å². The Hall–Kier alpha value is -3.06.